The average Bonchev–Trinajstić information content (AvgIpc) is 2.74. The molecule has 0 atom stereocenters. The second-order valence-electron chi connectivity index (χ2n) is 6.92. The molecule has 0 radical (unpaired) electrons. The molecule has 0 saturated carbocycles. The number of hydrogen-bond acceptors (Lipinski definition) is 2. The summed E-state index contributed by atoms with van der Waals surface area (Å²) >= 11 is 13.4. The molecule has 30 heavy (non-hydrogen) atoms. The lowest BCUT2D eigenvalue weighted by molar-refractivity contribution is 0.305. The van der Waals surface area contributed by atoms with E-state index >= 15 is 0 Å². The Morgan fingerprint density at radius 1 is 0.967 bits per heavy atom. The highest BCUT2D eigenvalue weighted by atomic mass is 79.9. The first-order valence-electron chi connectivity index (χ1n) is 9.40. The van der Waals surface area contributed by atoms with Gasteiger partial charge in [0.15, 0.2) is 0 Å². The van der Waals surface area contributed by atoms with E-state index in [4.69, 9.17) is 16.3 Å². The highest BCUT2D eigenvalue weighted by Crippen LogP contribution is 2.34. The maximum atomic E-state index is 6.26. The zero-order valence-corrected chi connectivity index (χ0v) is 20.1. The van der Waals surface area contributed by atoms with Crippen LogP contribution in [-0.4, -0.2) is 6.21 Å². The van der Waals surface area contributed by atoms with E-state index in [1.807, 2.05) is 49.4 Å². The number of hydrogen-bond donors (Lipinski definition) is 0. The van der Waals surface area contributed by atoms with Crippen LogP contribution in [-0.2, 0) is 6.61 Å². The number of nitrogens with zero attached hydrogens (tertiary/aromatic N) is 1. The SMILES string of the molecule is Cc1ccc(N=Cc2cc(Br)cc(Br)c2OCc2cccc3ccccc23)cc1Cl. The van der Waals surface area contributed by atoms with Gasteiger partial charge in [0, 0.05) is 21.3 Å². The van der Waals surface area contributed by atoms with Crippen LogP contribution in [0.1, 0.15) is 16.7 Å². The lowest BCUT2D eigenvalue weighted by atomic mass is 10.1. The zero-order chi connectivity index (χ0) is 21.1. The van der Waals surface area contributed by atoms with Gasteiger partial charge in [0.05, 0.1) is 10.2 Å². The molecule has 0 aliphatic carbocycles. The number of benzene rings is 4. The van der Waals surface area contributed by atoms with Crippen molar-refractivity contribution in [2.24, 2.45) is 4.99 Å². The van der Waals surface area contributed by atoms with Crippen LogP contribution >= 0.6 is 43.5 Å². The van der Waals surface area contributed by atoms with Gasteiger partial charge >= 0.3 is 0 Å². The molecule has 0 heterocycles. The molecule has 0 spiro atoms. The van der Waals surface area contributed by atoms with Gasteiger partial charge < -0.3 is 4.74 Å². The molecule has 4 aromatic rings. The van der Waals surface area contributed by atoms with Crippen LogP contribution in [0, 0.1) is 6.92 Å². The van der Waals surface area contributed by atoms with Gasteiger partial charge in [-0.3, -0.25) is 4.99 Å². The van der Waals surface area contributed by atoms with Gasteiger partial charge in [0.2, 0.25) is 0 Å². The van der Waals surface area contributed by atoms with Crippen molar-refractivity contribution in [3.8, 4) is 5.75 Å². The smallest absolute Gasteiger partial charge is 0.142 e. The molecule has 0 amide bonds. The van der Waals surface area contributed by atoms with E-state index in [1.165, 1.54) is 10.8 Å². The molecule has 0 unspecified atom stereocenters. The Morgan fingerprint density at radius 3 is 2.60 bits per heavy atom. The first-order valence-corrected chi connectivity index (χ1v) is 11.4. The molecule has 4 rings (SSSR count). The fourth-order valence-electron chi connectivity index (χ4n) is 3.20. The second-order valence-corrected chi connectivity index (χ2v) is 9.10. The molecular weight excluding hydrogens is 526 g/mol. The molecule has 4 aromatic carbocycles. The van der Waals surface area contributed by atoms with E-state index in [0.29, 0.717) is 11.6 Å². The van der Waals surface area contributed by atoms with Crippen LogP contribution in [0.15, 0.2) is 86.7 Å². The Labute approximate surface area is 197 Å². The van der Waals surface area contributed by atoms with Crippen LogP contribution in [0.5, 0.6) is 5.75 Å². The summed E-state index contributed by atoms with van der Waals surface area (Å²) in [6.07, 6.45) is 1.80. The second kappa shape index (κ2) is 9.34. The number of aliphatic imine (C=N–C) groups is 1. The summed E-state index contributed by atoms with van der Waals surface area (Å²) in [5.74, 6) is 0.744. The van der Waals surface area contributed by atoms with Crippen molar-refractivity contribution in [1.29, 1.82) is 0 Å². The molecule has 0 aliphatic heterocycles. The molecule has 0 aliphatic rings. The van der Waals surface area contributed by atoms with Gasteiger partial charge in [-0.1, -0.05) is 76.1 Å². The number of ether oxygens (including phenoxy) is 1. The van der Waals surface area contributed by atoms with Crippen molar-refractivity contribution in [2.45, 2.75) is 13.5 Å². The highest BCUT2D eigenvalue weighted by molar-refractivity contribution is 9.11. The Bertz CT molecular complexity index is 1250. The van der Waals surface area contributed by atoms with E-state index in [-0.39, 0.29) is 0 Å². The Balaban J connectivity index is 1.64. The maximum Gasteiger partial charge on any atom is 0.142 e. The van der Waals surface area contributed by atoms with Crippen molar-refractivity contribution >= 4 is 66.1 Å². The lowest BCUT2D eigenvalue weighted by Crippen LogP contribution is -2.00. The topological polar surface area (TPSA) is 21.6 Å². The fraction of sp³-hybridized carbons (Fsp3) is 0.0800. The Hall–Kier alpha value is -2.14. The van der Waals surface area contributed by atoms with Gasteiger partial charge in [-0.15, -0.1) is 0 Å². The predicted molar refractivity (Wildman–Crippen MR) is 134 cm³/mol. The Morgan fingerprint density at radius 2 is 1.77 bits per heavy atom. The first-order chi connectivity index (χ1) is 14.5. The quantitative estimate of drug-likeness (QED) is 0.231. The summed E-state index contributed by atoms with van der Waals surface area (Å²) in [5, 5.41) is 3.09. The minimum absolute atomic E-state index is 0.457. The van der Waals surface area contributed by atoms with Gasteiger partial charge in [-0.05, 0) is 69.0 Å². The summed E-state index contributed by atoms with van der Waals surface area (Å²) in [4.78, 5) is 4.60. The molecule has 0 fully saturated rings. The van der Waals surface area contributed by atoms with E-state index in [2.05, 4.69) is 67.2 Å². The third-order valence-corrected chi connectivity index (χ3v) is 6.25. The minimum Gasteiger partial charge on any atom is -0.487 e. The normalized spacial score (nSPS) is 11.3. The molecule has 0 aromatic heterocycles. The van der Waals surface area contributed by atoms with Gasteiger partial charge in [0.1, 0.15) is 12.4 Å². The van der Waals surface area contributed by atoms with Crippen molar-refractivity contribution < 1.29 is 4.74 Å². The summed E-state index contributed by atoms with van der Waals surface area (Å²) in [7, 11) is 0. The van der Waals surface area contributed by atoms with Crippen molar-refractivity contribution in [3.63, 3.8) is 0 Å². The standard InChI is InChI=1S/C25H18Br2ClNO/c1-16-9-10-21(13-24(16)28)29-14-19-11-20(26)12-23(27)25(19)30-15-18-7-4-6-17-5-2-3-8-22(17)18/h2-14H,15H2,1H3. The van der Waals surface area contributed by atoms with Crippen LogP contribution in [0.4, 0.5) is 5.69 Å². The lowest BCUT2D eigenvalue weighted by Gasteiger charge is -2.13. The van der Waals surface area contributed by atoms with Crippen LogP contribution < -0.4 is 4.74 Å². The molecule has 0 bridgehead atoms. The van der Waals surface area contributed by atoms with Gasteiger partial charge in [-0.25, -0.2) is 0 Å². The number of aryl methyl sites for hydroxylation is 1. The predicted octanol–water partition coefficient (Wildman–Crippen LogP) is 8.66. The number of rotatable bonds is 5. The highest BCUT2D eigenvalue weighted by Gasteiger charge is 2.11. The summed E-state index contributed by atoms with van der Waals surface area (Å²) in [5.41, 5.74) is 3.82. The van der Waals surface area contributed by atoms with Crippen LogP contribution in [0.25, 0.3) is 10.8 Å². The maximum absolute atomic E-state index is 6.26. The zero-order valence-electron chi connectivity index (χ0n) is 16.2. The Kier molecular flexibility index (Phi) is 6.57. The van der Waals surface area contributed by atoms with Crippen molar-refractivity contribution in [3.05, 3.63) is 103 Å². The van der Waals surface area contributed by atoms with E-state index in [0.717, 1.165) is 37.1 Å². The summed E-state index contributed by atoms with van der Waals surface area (Å²) < 4.78 is 8.06. The molecule has 2 nitrogen and oxygen atoms in total. The molecule has 0 saturated heterocycles. The molecule has 0 N–H and O–H groups in total. The molecular formula is C25H18Br2ClNO. The average molecular weight is 544 g/mol. The van der Waals surface area contributed by atoms with Gasteiger partial charge in [-0.2, -0.15) is 0 Å². The van der Waals surface area contributed by atoms with Crippen LogP contribution in [0.2, 0.25) is 5.02 Å². The number of fused-ring (bicyclic) bond motifs is 1. The van der Waals surface area contributed by atoms with E-state index in [9.17, 15) is 0 Å². The fourth-order valence-corrected chi connectivity index (χ4v) is 4.75. The third-order valence-electron chi connectivity index (χ3n) is 4.80. The van der Waals surface area contributed by atoms with Crippen molar-refractivity contribution in [2.75, 3.05) is 0 Å². The largest absolute Gasteiger partial charge is 0.487 e. The van der Waals surface area contributed by atoms with E-state index in [1.54, 1.807) is 6.21 Å². The third kappa shape index (κ3) is 4.77. The summed E-state index contributed by atoms with van der Waals surface area (Å²) in [6.45, 7) is 2.43. The van der Waals surface area contributed by atoms with Crippen molar-refractivity contribution in [1.82, 2.24) is 0 Å². The monoisotopic (exact) mass is 541 g/mol. The molecule has 150 valence electrons. The minimum atomic E-state index is 0.457. The molecule has 5 heteroatoms. The number of halogens is 3. The van der Waals surface area contributed by atoms with Gasteiger partial charge in [0.25, 0.3) is 0 Å². The first kappa shape index (κ1) is 21.1. The van der Waals surface area contributed by atoms with E-state index < -0.39 is 0 Å². The van der Waals surface area contributed by atoms with Crippen LogP contribution in [0.3, 0.4) is 0 Å². The summed E-state index contributed by atoms with van der Waals surface area (Å²) in [6, 6.07) is 24.3.